The van der Waals surface area contributed by atoms with Gasteiger partial charge in [0.25, 0.3) is 0 Å². The number of halogens is 1. The van der Waals surface area contributed by atoms with E-state index in [2.05, 4.69) is 20.6 Å². The van der Waals surface area contributed by atoms with Crippen LogP contribution in [0.4, 0.5) is 4.39 Å². The lowest BCUT2D eigenvalue weighted by molar-refractivity contribution is -0.139. The molecule has 8 nitrogen and oxygen atoms in total. The Morgan fingerprint density at radius 3 is 2.63 bits per heavy atom. The van der Waals surface area contributed by atoms with Crippen LogP contribution in [0.25, 0.3) is 16.7 Å². The number of aryl methyl sites for hydroxylation is 1. The summed E-state index contributed by atoms with van der Waals surface area (Å²) in [6, 6.07) is 5.58. The monoisotopic (exact) mass is 520 g/mol. The molecule has 202 valence electrons. The summed E-state index contributed by atoms with van der Waals surface area (Å²) in [5.41, 5.74) is 2.60. The van der Waals surface area contributed by atoms with Gasteiger partial charge in [-0.1, -0.05) is 19.3 Å². The van der Waals surface area contributed by atoms with E-state index in [0.29, 0.717) is 12.4 Å². The highest BCUT2D eigenvalue weighted by Gasteiger charge is 2.39. The number of rotatable bonds is 7. The average molecular weight is 521 g/mol. The second-order valence-corrected chi connectivity index (χ2v) is 10.7. The molecule has 3 heterocycles. The molecule has 0 bridgehead atoms. The highest BCUT2D eigenvalue weighted by atomic mass is 19.1. The van der Waals surface area contributed by atoms with Gasteiger partial charge in [-0.2, -0.15) is 0 Å². The minimum absolute atomic E-state index is 0.0195. The molecule has 3 unspecified atom stereocenters. The van der Waals surface area contributed by atoms with Gasteiger partial charge < -0.3 is 20.1 Å². The van der Waals surface area contributed by atoms with E-state index in [4.69, 9.17) is 0 Å². The summed E-state index contributed by atoms with van der Waals surface area (Å²) >= 11 is 0. The Balaban J connectivity index is 1.43. The normalized spacial score (nSPS) is 20.0. The Bertz CT molecular complexity index is 1320. The Morgan fingerprint density at radius 2 is 1.87 bits per heavy atom. The Hall–Kier alpha value is -3.33. The SMILES string of the molecule is CNC(C)C(=O)NC(C(=O)N1CCCC1c1cc(-n2cc(C)c3cc(F)ccc32)ncn1)C1CCCCC1. The van der Waals surface area contributed by atoms with Crippen LogP contribution >= 0.6 is 0 Å². The number of hydrogen-bond acceptors (Lipinski definition) is 5. The number of amides is 2. The number of carbonyl (C=O) groups excluding carboxylic acids is 2. The van der Waals surface area contributed by atoms with Crippen molar-refractivity contribution >= 4 is 22.7 Å². The summed E-state index contributed by atoms with van der Waals surface area (Å²) < 4.78 is 15.8. The quantitative estimate of drug-likeness (QED) is 0.487. The summed E-state index contributed by atoms with van der Waals surface area (Å²) in [7, 11) is 1.75. The minimum atomic E-state index is -0.536. The molecule has 3 atom stereocenters. The van der Waals surface area contributed by atoms with Crippen molar-refractivity contribution in [2.24, 2.45) is 5.92 Å². The van der Waals surface area contributed by atoms with E-state index in [1.54, 1.807) is 20.0 Å². The molecule has 2 N–H and O–H groups in total. The summed E-state index contributed by atoms with van der Waals surface area (Å²) in [4.78, 5) is 37.9. The summed E-state index contributed by atoms with van der Waals surface area (Å²) in [6.45, 7) is 4.39. The van der Waals surface area contributed by atoms with Crippen molar-refractivity contribution in [1.29, 1.82) is 0 Å². The maximum Gasteiger partial charge on any atom is 0.246 e. The predicted octanol–water partition coefficient (Wildman–Crippen LogP) is 4.20. The van der Waals surface area contributed by atoms with Crippen LogP contribution in [0.3, 0.4) is 0 Å². The first kappa shape index (κ1) is 26.3. The van der Waals surface area contributed by atoms with Crippen LogP contribution in [0.1, 0.15) is 69.2 Å². The van der Waals surface area contributed by atoms with Gasteiger partial charge in [-0.15, -0.1) is 0 Å². The first-order chi connectivity index (χ1) is 18.4. The fourth-order valence-electron chi connectivity index (χ4n) is 6.01. The number of fused-ring (bicyclic) bond motifs is 1. The van der Waals surface area contributed by atoms with Gasteiger partial charge in [0.15, 0.2) is 0 Å². The Labute approximate surface area is 223 Å². The van der Waals surface area contributed by atoms with Crippen molar-refractivity contribution in [3.05, 3.63) is 53.9 Å². The van der Waals surface area contributed by atoms with Crippen LogP contribution in [0, 0.1) is 18.7 Å². The fraction of sp³-hybridized carbons (Fsp3) is 0.517. The van der Waals surface area contributed by atoms with E-state index in [1.807, 2.05) is 28.7 Å². The van der Waals surface area contributed by atoms with E-state index in [-0.39, 0.29) is 35.6 Å². The van der Waals surface area contributed by atoms with Crippen molar-refractivity contribution in [3.8, 4) is 5.82 Å². The highest BCUT2D eigenvalue weighted by Crippen LogP contribution is 2.35. The molecule has 9 heteroatoms. The van der Waals surface area contributed by atoms with Gasteiger partial charge in [-0.25, -0.2) is 14.4 Å². The number of nitrogens with one attached hydrogen (secondary N) is 2. The summed E-state index contributed by atoms with van der Waals surface area (Å²) in [5.74, 6) is 0.377. The molecule has 2 aliphatic rings. The topological polar surface area (TPSA) is 92.2 Å². The number of benzene rings is 1. The molecule has 3 aromatic rings. The predicted molar refractivity (Wildman–Crippen MR) is 144 cm³/mol. The number of likely N-dealkylation sites (N-methyl/N-ethyl adjacent to an activating group) is 1. The van der Waals surface area contributed by atoms with E-state index in [0.717, 1.165) is 60.7 Å². The van der Waals surface area contributed by atoms with E-state index in [9.17, 15) is 14.0 Å². The van der Waals surface area contributed by atoms with Crippen LogP contribution in [-0.4, -0.2) is 56.9 Å². The van der Waals surface area contributed by atoms with E-state index < -0.39 is 6.04 Å². The number of aromatic nitrogens is 3. The van der Waals surface area contributed by atoms with Gasteiger partial charge >= 0.3 is 0 Å². The van der Waals surface area contributed by atoms with Crippen molar-refractivity contribution in [1.82, 2.24) is 30.1 Å². The molecule has 1 saturated heterocycles. The van der Waals surface area contributed by atoms with Gasteiger partial charge in [0, 0.05) is 24.2 Å². The number of carbonyl (C=O) groups is 2. The zero-order valence-corrected chi connectivity index (χ0v) is 22.4. The third-order valence-corrected chi connectivity index (χ3v) is 8.27. The largest absolute Gasteiger partial charge is 0.343 e. The number of nitrogens with zero attached hydrogens (tertiary/aromatic N) is 4. The lowest BCUT2D eigenvalue weighted by Crippen LogP contribution is -2.55. The lowest BCUT2D eigenvalue weighted by atomic mass is 9.83. The standard InChI is InChI=1S/C29H37FN6O2/c1-18-16-36(24-12-11-21(30)14-22(18)24)26-15-23(32-17-33-26)25-10-7-13-35(25)29(38)27(20-8-5-4-6-9-20)34-28(37)19(2)31-3/h11-12,14-17,19-20,25,27,31H,4-10,13H2,1-3H3,(H,34,37). The summed E-state index contributed by atoms with van der Waals surface area (Å²) in [5, 5.41) is 6.91. The maximum absolute atomic E-state index is 14.0. The molecule has 38 heavy (non-hydrogen) atoms. The molecule has 1 aliphatic heterocycles. The van der Waals surface area contributed by atoms with Crippen LogP contribution in [0.5, 0.6) is 0 Å². The fourth-order valence-corrected chi connectivity index (χ4v) is 6.01. The van der Waals surface area contributed by atoms with Gasteiger partial charge in [0.2, 0.25) is 11.8 Å². The highest BCUT2D eigenvalue weighted by molar-refractivity contribution is 5.90. The Kier molecular flexibility index (Phi) is 7.74. The number of likely N-dealkylation sites (tertiary alicyclic amines) is 1. The van der Waals surface area contributed by atoms with Crippen molar-refractivity contribution in [3.63, 3.8) is 0 Å². The van der Waals surface area contributed by atoms with Crippen molar-refractivity contribution < 1.29 is 14.0 Å². The Morgan fingerprint density at radius 1 is 1.08 bits per heavy atom. The van der Waals surface area contributed by atoms with Crippen molar-refractivity contribution in [2.75, 3.05) is 13.6 Å². The molecule has 5 rings (SSSR count). The summed E-state index contributed by atoms with van der Waals surface area (Å²) in [6.07, 6.45) is 10.4. The molecule has 1 aromatic carbocycles. The average Bonchev–Trinajstić information content (AvgIpc) is 3.56. The van der Waals surface area contributed by atoms with Gasteiger partial charge in [-0.05, 0) is 76.3 Å². The lowest BCUT2D eigenvalue weighted by Gasteiger charge is -2.35. The molecular formula is C29H37FN6O2. The minimum Gasteiger partial charge on any atom is -0.343 e. The van der Waals surface area contributed by atoms with E-state index >= 15 is 0 Å². The molecule has 2 fully saturated rings. The molecule has 1 aliphatic carbocycles. The molecular weight excluding hydrogens is 483 g/mol. The van der Waals surface area contributed by atoms with Crippen LogP contribution in [0.15, 0.2) is 36.8 Å². The molecule has 0 spiro atoms. The maximum atomic E-state index is 14.0. The van der Waals surface area contributed by atoms with Crippen LogP contribution < -0.4 is 10.6 Å². The molecule has 0 radical (unpaired) electrons. The zero-order chi connectivity index (χ0) is 26.8. The third kappa shape index (κ3) is 5.16. The first-order valence-corrected chi connectivity index (χ1v) is 13.7. The zero-order valence-electron chi connectivity index (χ0n) is 22.4. The van der Waals surface area contributed by atoms with Crippen LogP contribution in [-0.2, 0) is 9.59 Å². The second kappa shape index (κ2) is 11.2. The smallest absolute Gasteiger partial charge is 0.246 e. The number of hydrogen-bond donors (Lipinski definition) is 2. The van der Waals surface area contributed by atoms with Gasteiger partial charge in [0.1, 0.15) is 24.0 Å². The molecule has 1 saturated carbocycles. The van der Waals surface area contributed by atoms with Crippen molar-refractivity contribution in [2.45, 2.75) is 76.9 Å². The second-order valence-electron chi connectivity index (χ2n) is 10.7. The van der Waals surface area contributed by atoms with E-state index in [1.165, 1.54) is 24.9 Å². The molecule has 2 amide bonds. The van der Waals surface area contributed by atoms with Gasteiger partial charge in [0.05, 0.1) is 23.3 Å². The molecule has 2 aromatic heterocycles. The third-order valence-electron chi connectivity index (χ3n) is 8.27. The van der Waals surface area contributed by atoms with Crippen LogP contribution in [0.2, 0.25) is 0 Å². The first-order valence-electron chi connectivity index (χ1n) is 13.7. The van der Waals surface area contributed by atoms with Gasteiger partial charge in [-0.3, -0.25) is 9.59 Å².